The SMILES string of the molecule is COc1cc(Br)c(Br)c([C@H](N)CO)c1OC. The maximum Gasteiger partial charge on any atom is 0.166 e. The molecule has 0 aliphatic rings. The van der Waals surface area contributed by atoms with E-state index in [1.165, 1.54) is 7.11 Å². The van der Waals surface area contributed by atoms with Crippen LogP contribution in [0.4, 0.5) is 0 Å². The van der Waals surface area contributed by atoms with Gasteiger partial charge in [-0.2, -0.15) is 0 Å². The van der Waals surface area contributed by atoms with Crippen molar-refractivity contribution in [2.45, 2.75) is 6.04 Å². The van der Waals surface area contributed by atoms with Crippen LogP contribution in [-0.4, -0.2) is 25.9 Å². The van der Waals surface area contributed by atoms with E-state index in [4.69, 9.17) is 20.3 Å². The topological polar surface area (TPSA) is 64.7 Å². The van der Waals surface area contributed by atoms with Gasteiger partial charge < -0.3 is 20.3 Å². The first-order valence-electron chi connectivity index (χ1n) is 4.53. The molecule has 6 heteroatoms. The molecule has 3 N–H and O–H groups in total. The molecule has 0 aliphatic carbocycles. The van der Waals surface area contributed by atoms with Crippen molar-refractivity contribution < 1.29 is 14.6 Å². The third-order valence-corrected chi connectivity index (χ3v) is 4.18. The van der Waals surface area contributed by atoms with Crippen LogP contribution in [0.5, 0.6) is 11.5 Å². The van der Waals surface area contributed by atoms with Gasteiger partial charge in [0.2, 0.25) is 0 Å². The lowest BCUT2D eigenvalue weighted by Crippen LogP contribution is -2.16. The standard InChI is InChI=1S/C10H13Br2NO3/c1-15-7-3-5(11)9(12)8(6(13)4-14)10(7)16-2/h3,6,14H,4,13H2,1-2H3/t6-/m1/s1. The first kappa shape index (κ1) is 13.8. The van der Waals surface area contributed by atoms with E-state index in [1.54, 1.807) is 13.2 Å². The van der Waals surface area contributed by atoms with Gasteiger partial charge in [0.1, 0.15) is 0 Å². The Bertz CT molecular complexity index is 385. The fourth-order valence-corrected chi connectivity index (χ4v) is 2.40. The van der Waals surface area contributed by atoms with E-state index in [0.717, 1.165) is 8.95 Å². The maximum atomic E-state index is 9.13. The number of aliphatic hydroxyl groups excluding tert-OH is 1. The highest BCUT2D eigenvalue weighted by molar-refractivity contribution is 9.13. The average molecular weight is 355 g/mol. The summed E-state index contributed by atoms with van der Waals surface area (Å²) >= 11 is 6.78. The first-order valence-corrected chi connectivity index (χ1v) is 6.11. The molecule has 0 aromatic heterocycles. The molecule has 1 rings (SSSR count). The van der Waals surface area contributed by atoms with Crippen LogP contribution in [0.2, 0.25) is 0 Å². The van der Waals surface area contributed by atoms with E-state index in [-0.39, 0.29) is 6.61 Å². The van der Waals surface area contributed by atoms with Gasteiger partial charge >= 0.3 is 0 Å². The molecular weight excluding hydrogens is 342 g/mol. The van der Waals surface area contributed by atoms with E-state index in [9.17, 15) is 0 Å². The Morgan fingerprint density at radius 1 is 1.38 bits per heavy atom. The molecule has 0 saturated heterocycles. The van der Waals surface area contributed by atoms with Crippen LogP contribution in [0.3, 0.4) is 0 Å². The molecule has 1 aromatic carbocycles. The van der Waals surface area contributed by atoms with Gasteiger partial charge in [-0.15, -0.1) is 0 Å². The van der Waals surface area contributed by atoms with Crippen molar-refractivity contribution in [2.24, 2.45) is 5.73 Å². The third kappa shape index (κ3) is 2.51. The number of hydrogen-bond donors (Lipinski definition) is 2. The largest absolute Gasteiger partial charge is 0.493 e. The smallest absolute Gasteiger partial charge is 0.166 e. The maximum absolute atomic E-state index is 9.13. The number of halogens is 2. The second kappa shape index (κ2) is 5.86. The quantitative estimate of drug-likeness (QED) is 0.870. The number of aliphatic hydroxyl groups is 1. The predicted octanol–water partition coefficient (Wildman–Crippen LogP) is 2.22. The molecule has 0 radical (unpaired) electrons. The van der Waals surface area contributed by atoms with Crippen molar-refractivity contribution in [1.82, 2.24) is 0 Å². The Kier molecular flexibility index (Phi) is 5.04. The minimum Gasteiger partial charge on any atom is -0.493 e. The molecule has 1 atom stereocenters. The molecule has 0 unspecified atom stereocenters. The highest BCUT2D eigenvalue weighted by Crippen LogP contribution is 2.43. The van der Waals surface area contributed by atoms with Crippen LogP contribution in [0.1, 0.15) is 11.6 Å². The molecule has 90 valence electrons. The molecule has 0 fully saturated rings. The zero-order valence-electron chi connectivity index (χ0n) is 8.96. The van der Waals surface area contributed by atoms with Gasteiger partial charge in [-0.1, -0.05) is 0 Å². The van der Waals surface area contributed by atoms with E-state index < -0.39 is 6.04 Å². The molecular formula is C10H13Br2NO3. The summed E-state index contributed by atoms with van der Waals surface area (Å²) in [6.45, 7) is -0.172. The summed E-state index contributed by atoms with van der Waals surface area (Å²) in [6.07, 6.45) is 0. The number of benzene rings is 1. The van der Waals surface area contributed by atoms with E-state index >= 15 is 0 Å². The van der Waals surface area contributed by atoms with Gasteiger partial charge in [0.25, 0.3) is 0 Å². The van der Waals surface area contributed by atoms with Gasteiger partial charge in [-0.25, -0.2) is 0 Å². The van der Waals surface area contributed by atoms with Crippen molar-refractivity contribution in [3.05, 3.63) is 20.6 Å². The van der Waals surface area contributed by atoms with Crippen molar-refractivity contribution in [2.75, 3.05) is 20.8 Å². The minimum atomic E-state index is -0.532. The van der Waals surface area contributed by atoms with Gasteiger partial charge in [-0.05, 0) is 37.9 Å². The van der Waals surface area contributed by atoms with Gasteiger partial charge in [-0.3, -0.25) is 0 Å². The Balaban J connectivity index is 3.46. The van der Waals surface area contributed by atoms with Crippen LogP contribution in [-0.2, 0) is 0 Å². The molecule has 0 bridgehead atoms. The molecule has 16 heavy (non-hydrogen) atoms. The summed E-state index contributed by atoms with van der Waals surface area (Å²) in [6, 6.07) is 1.24. The average Bonchev–Trinajstić information content (AvgIpc) is 2.30. The zero-order valence-corrected chi connectivity index (χ0v) is 12.1. The fourth-order valence-electron chi connectivity index (χ4n) is 1.39. The van der Waals surface area contributed by atoms with Crippen LogP contribution >= 0.6 is 31.9 Å². The Morgan fingerprint density at radius 3 is 2.44 bits per heavy atom. The van der Waals surface area contributed by atoms with E-state index in [0.29, 0.717) is 17.1 Å². The lowest BCUT2D eigenvalue weighted by atomic mass is 10.1. The fraction of sp³-hybridized carbons (Fsp3) is 0.400. The molecule has 0 aliphatic heterocycles. The van der Waals surface area contributed by atoms with Crippen LogP contribution in [0.25, 0.3) is 0 Å². The summed E-state index contributed by atoms with van der Waals surface area (Å²) in [7, 11) is 3.08. The van der Waals surface area contributed by atoms with Gasteiger partial charge in [0.05, 0.1) is 26.9 Å². The van der Waals surface area contributed by atoms with Gasteiger partial charge in [0.15, 0.2) is 11.5 Å². The van der Waals surface area contributed by atoms with E-state index in [2.05, 4.69) is 31.9 Å². The number of rotatable bonds is 4. The number of nitrogens with two attached hydrogens (primary N) is 1. The van der Waals surface area contributed by atoms with Crippen LogP contribution in [0.15, 0.2) is 15.0 Å². The van der Waals surface area contributed by atoms with E-state index in [1.807, 2.05) is 0 Å². The number of hydrogen-bond acceptors (Lipinski definition) is 4. The Labute approximate surface area is 111 Å². The summed E-state index contributed by atoms with van der Waals surface area (Å²) in [5.74, 6) is 1.09. The number of ether oxygens (including phenoxy) is 2. The summed E-state index contributed by atoms with van der Waals surface area (Å²) in [5, 5.41) is 9.13. The van der Waals surface area contributed by atoms with Gasteiger partial charge in [0, 0.05) is 14.5 Å². The second-order valence-corrected chi connectivity index (χ2v) is 4.76. The van der Waals surface area contributed by atoms with Crippen molar-refractivity contribution >= 4 is 31.9 Å². The normalized spacial score (nSPS) is 12.4. The number of methoxy groups -OCH3 is 2. The Hall–Kier alpha value is -0.300. The summed E-state index contributed by atoms with van der Waals surface area (Å²) in [4.78, 5) is 0. The van der Waals surface area contributed by atoms with Crippen molar-refractivity contribution in [3.8, 4) is 11.5 Å². The molecule has 0 amide bonds. The predicted molar refractivity (Wildman–Crippen MR) is 69.0 cm³/mol. The van der Waals surface area contributed by atoms with Crippen molar-refractivity contribution in [1.29, 1.82) is 0 Å². The zero-order chi connectivity index (χ0) is 12.3. The van der Waals surface area contributed by atoms with Crippen LogP contribution in [0, 0.1) is 0 Å². The highest BCUT2D eigenvalue weighted by Gasteiger charge is 2.21. The lowest BCUT2D eigenvalue weighted by Gasteiger charge is -2.19. The monoisotopic (exact) mass is 353 g/mol. The molecule has 1 aromatic rings. The molecule has 4 nitrogen and oxygen atoms in total. The molecule has 0 heterocycles. The first-order chi connectivity index (χ1) is 7.56. The highest BCUT2D eigenvalue weighted by atomic mass is 79.9. The molecule has 0 spiro atoms. The molecule has 0 saturated carbocycles. The lowest BCUT2D eigenvalue weighted by molar-refractivity contribution is 0.262. The van der Waals surface area contributed by atoms with Crippen LogP contribution < -0.4 is 15.2 Å². The minimum absolute atomic E-state index is 0.172. The second-order valence-electron chi connectivity index (χ2n) is 3.11. The summed E-state index contributed by atoms with van der Waals surface area (Å²) in [5.41, 5.74) is 6.50. The summed E-state index contributed by atoms with van der Waals surface area (Å²) < 4.78 is 12.0. The van der Waals surface area contributed by atoms with Crippen molar-refractivity contribution in [3.63, 3.8) is 0 Å². The Morgan fingerprint density at radius 2 is 2.00 bits per heavy atom. The third-order valence-electron chi connectivity index (χ3n) is 2.16.